The fraction of sp³-hybridized carbons (Fsp3) is 0.120. The fourth-order valence-corrected chi connectivity index (χ4v) is 3.96. The van der Waals surface area contributed by atoms with Crippen LogP contribution in [0, 0.1) is 5.82 Å². The quantitative estimate of drug-likeness (QED) is 0.575. The largest absolute Gasteiger partial charge is 0.355 e. The topological polar surface area (TPSA) is 49.4 Å². The van der Waals surface area contributed by atoms with E-state index in [-0.39, 0.29) is 18.4 Å². The highest BCUT2D eigenvalue weighted by atomic mass is 35.5. The molecule has 31 heavy (non-hydrogen) atoms. The van der Waals surface area contributed by atoms with Gasteiger partial charge in [-0.25, -0.2) is 4.39 Å². The number of anilines is 1. The van der Waals surface area contributed by atoms with Crippen molar-refractivity contribution >= 4 is 41.3 Å². The fourth-order valence-electron chi connectivity index (χ4n) is 3.79. The maximum absolute atomic E-state index is 15.2. The molecule has 2 amide bonds. The molecule has 4 nitrogen and oxygen atoms in total. The molecule has 3 aromatic rings. The lowest BCUT2D eigenvalue weighted by Gasteiger charge is -2.26. The van der Waals surface area contributed by atoms with Crippen LogP contribution in [0.3, 0.4) is 0 Å². The Kier molecular flexibility index (Phi) is 5.61. The van der Waals surface area contributed by atoms with Crippen LogP contribution in [-0.2, 0) is 11.3 Å². The van der Waals surface area contributed by atoms with Crippen molar-refractivity contribution in [2.75, 3.05) is 11.9 Å². The van der Waals surface area contributed by atoms with Gasteiger partial charge in [0.25, 0.3) is 5.91 Å². The third-order valence-corrected chi connectivity index (χ3v) is 5.59. The van der Waals surface area contributed by atoms with Crippen LogP contribution in [0.2, 0.25) is 5.02 Å². The molecule has 0 bridgehead atoms. The Hall–Kier alpha value is -3.44. The Balaban J connectivity index is 1.90. The molecule has 1 aliphatic rings. The maximum atomic E-state index is 15.2. The van der Waals surface area contributed by atoms with E-state index in [1.165, 1.54) is 20.0 Å². The highest BCUT2D eigenvalue weighted by Gasteiger charge is 2.22. The molecule has 3 aromatic carbocycles. The number of nitrogens with one attached hydrogen (secondary N) is 1. The first-order valence-corrected chi connectivity index (χ1v) is 10.2. The molecule has 0 fully saturated rings. The first-order valence-electron chi connectivity index (χ1n) is 9.78. The van der Waals surface area contributed by atoms with Gasteiger partial charge in [0.2, 0.25) is 5.91 Å². The number of carbonyl (C=O) groups excluding carboxylic acids is 2. The molecule has 0 saturated carbocycles. The van der Waals surface area contributed by atoms with E-state index in [1.54, 1.807) is 47.4 Å². The number of halogens is 2. The van der Waals surface area contributed by atoms with Gasteiger partial charge >= 0.3 is 0 Å². The summed E-state index contributed by atoms with van der Waals surface area (Å²) >= 11 is 6.18. The van der Waals surface area contributed by atoms with Crippen molar-refractivity contribution in [2.24, 2.45) is 0 Å². The number of hydrogen-bond donors (Lipinski definition) is 1. The average molecular weight is 435 g/mol. The summed E-state index contributed by atoms with van der Waals surface area (Å²) in [5, 5.41) is 3.12. The van der Waals surface area contributed by atoms with Crippen molar-refractivity contribution in [2.45, 2.75) is 13.5 Å². The van der Waals surface area contributed by atoms with E-state index < -0.39 is 5.82 Å². The number of fused-ring (bicyclic) bond motifs is 2. The Morgan fingerprint density at radius 1 is 1.00 bits per heavy atom. The third kappa shape index (κ3) is 3.97. The highest BCUT2D eigenvalue weighted by molar-refractivity contribution is 6.31. The second-order valence-corrected chi connectivity index (χ2v) is 7.73. The Morgan fingerprint density at radius 2 is 1.74 bits per heavy atom. The van der Waals surface area contributed by atoms with Crippen LogP contribution in [0.4, 0.5) is 10.1 Å². The van der Waals surface area contributed by atoms with Crippen LogP contribution in [0.15, 0.2) is 54.6 Å². The van der Waals surface area contributed by atoms with Gasteiger partial charge in [0.05, 0.1) is 12.2 Å². The number of hydrogen-bond acceptors (Lipinski definition) is 2. The lowest BCUT2D eigenvalue weighted by atomic mass is 9.93. The maximum Gasteiger partial charge on any atom is 0.251 e. The molecule has 1 heterocycles. The van der Waals surface area contributed by atoms with Gasteiger partial charge in [-0.2, -0.15) is 0 Å². The van der Waals surface area contributed by atoms with Crippen LogP contribution in [-0.4, -0.2) is 18.9 Å². The average Bonchev–Trinajstić information content (AvgIpc) is 2.75. The van der Waals surface area contributed by atoms with E-state index in [2.05, 4.69) is 5.32 Å². The predicted octanol–water partition coefficient (Wildman–Crippen LogP) is 5.54. The Labute approximate surface area is 185 Å². The molecule has 0 spiro atoms. The number of carbonyl (C=O) groups is 2. The van der Waals surface area contributed by atoms with Gasteiger partial charge < -0.3 is 10.2 Å². The summed E-state index contributed by atoms with van der Waals surface area (Å²) in [6.45, 7) is 1.73. The van der Waals surface area contributed by atoms with Crippen molar-refractivity contribution < 1.29 is 14.0 Å². The smallest absolute Gasteiger partial charge is 0.251 e. The van der Waals surface area contributed by atoms with E-state index >= 15 is 4.39 Å². The SMILES string of the molecule is CNC(=O)c1ccccc1-c1cc2c(cc1F)/C=C\c1ccc(Cl)cc1N(C(C)=O)C2. The molecule has 0 atom stereocenters. The van der Waals surface area contributed by atoms with Gasteiger partial charge in [-0.3, -0.25) is 9.59 Å². The molecular weight excluding hydrogens is 415 g/mol. The molecule has 1 aliphatic heterocycles. The summed E-state index contributed by atoms with van der Waals surface area (Å²) < 4.78 is 15.2. The molecule has 0 unspecified atom stereocenters. The lowest BCUT2D eigenvalue weighted by Crippen LogP contribution is -2.29. The van der Waals surface area contributed by atoms with Crippen molar-refractivity contribution in [3.8, 4) is 11.1 Å². The summed E-state index contributed by atoms with van der Waals surface area (Å²) in [6.07, 6.45) is 3.67. The van der Waals surface area contributed by atoms with E-state index in [1.807, 2.05) is 18.2 Å². The molecule has 6 heteroatoms. The van der Waals surface area contributed by atoms with Gasteiger partial charge in [-0.05, 0) is 52.6 Å². The minimum atomic E-state index is -0.439. The predicted molar refractivity (Wildman–Crippen MR) is 122 cm³/mol. The molecule has 0 aliphatic carbocycles. The normalized spacial score (nSPS) is 13.5. The van der Waals surface area contributed by atoms with E-state index in [0.717, 1.165) is 11.1 Å². The molecular formula is C25H20ClFN2O2. The Morgan fingerprint density at radius 3 is 2.48 bits per heavy atom. The monoisotopic (exact) mass is 434 g/mol. The van der Waals surface area contributed by atoms with Crippen LogP contribution in [0.25, 0.3) is 23.3 Å². The van der Waals surface area contributed by atoms with Gasteiger partial charge in [0.15, 0.2) is 0 Å². The minimum absolute atomic E-state index is 0.151. The zero-order valence-electron chi connectivity index (χ0n) is 17.1. The first-order chi connectivity index (χ1) is 14.9. The molecule has 1 N–H and O–H groups in total. The minimum Gasteiger partial charge on any atom is -0.355 e. The van der Waals surface area contributed by atoms with Gasteiger partial charge in [-0.1, -0.05) is 48.0 Å². The van der Waals surface area contributed by atoms with Gasteiger partial charge in [0, 0.05) is 30.1 Å². The van der Waals surface area contributed by atoms with Crippen molar-refractivity contribution in [1.29, 1.82) is 0 Å². The molecule has 0 aromatic heterocycles. The summed E-state index contributed by atoms with van der Waals surface area (Å²) in [4.78, 5) is 26.4. The van der Waals surface area contributed by atoms with Crippen LogP contribution >= 0.6 is 11.6 Å². The highest BCUT2D eigenvalue weighted by Crippen LogP contribution is 2.35. The van der Waals surface area contributed by atoms with Crippen LogP contribution < -0.4 is 10.2 Å². The first kappa shape index (κ1) is 20.8. The lowest BCUT2D eigenvalue weighted by molar-refractivity contribution is -0.116. The second kappa shape index (κ2) is 8.36. The summed E-state index contributed by atoms with van der Waals surface area (Å²) in [5.74, 6) is -0.886. The number of benzene rings is 3. The Bertz CT molecular complexity index is 1240. The second-order valence-electron chi connectivity index (χ2n) is 7.30. The molecule has 0 saturated heterocycles. The number of rotatable bonds is 2. The molecule has 0 radical (unpaired) electrons. The van der Waals surface area contributed by atoms with Gasteiger partial charge in [0.1, 0.15) is 5.82 Å². The summed E-state index contributed by atoms with van der Waals surface area (Å²) in [7, 11) is 1.54. The van der Waals surface area contributed by atoms with Crippen molar-refractivity contribution in [3.05, 3.63) is 87.7 Å². The number of nitrogens with zero attached hydrogens (tertiary/aromatic N) is 1. The van der Waals surface area contributed by atoms with Crippen LogP contribution in [0.1, 0.15) is 34.0 Å². The van der Waals surface area contributed by atoms with E-state index in [9.17, 15) is 9.59 Å². The van der Waals surface area contributed by atoms with Crippen molar-refractivity contribution in [1.82, 2.24) is 5.32 Å². The summed E-state index contributed by atoms with van der Waals surface area (Å²) in [5.41, 5.74) is 4.13. The van der Waals surface area contributed by atoms with Gasteiger partial charge in [-0.15, -0.1) is 0 Å². The van der Waals surface area contributed by atoms with E-state index in [4.69, 9.17) is 11.6 Å². The zero-order chi connectivity index (χ0) is 22.1. The number of amides is 2. The molecule has 4 rings (SSSR count). The molecule has 156 valence electrons. The summed E-state index contributed by atoms with van der Waals surface area (Å²) in [6, 6.07) is 15.4. The van der Waals surface area contributed by atoms with Crippen LogP contribution in [0.5, 0.6) is 0 Å². The van der Waals surface area contributed by atoms with Crippen molar-refractivity contribution in [3.63, 3.8) is 0 Å². The zero-order valence-corrected chi connectivity index (χ0v) is 17.8. The third-order valence-electron chi connectivity index (χ3n) is 5.35. The standard InChI is InChI=1S/C25H20ClFN2O2/c1-15(30)29-14-18-11-22(20-5-3-4-6-21(20)25(31)28-2)23(27)12-17(18)8-7-16-9-10-19(26)13-24(16)29/h3-13H,14H2,1-2H3,(H,28,31)/b8-7-. The van der Waals surface area contributed by atoms with E-state index in [0.29, 0.717) is 33.0 Å².